The molecule has 0 aliphatic carbocycles. The maximum atomic E-state index is 12.7. The zero-order valence-electron chi connectivity index (χ0n) is 12.9. The zero-order valence-corrected chi connectivity index (χ0v) is 13.7. The number of halogens is 3. The average Bonchev–Trinajstić information content (AvgIpc) is 2.47. The Morgan fingerprint density at radius 2 is 1.76 bits per heavy atom. The van der Waals surface area contributed by atoms with Crippen LogP contribution in [0.3, 0.4) is 0 Å². The van der Waals surface area contributed by atoms with E-state index in [1.54, 1.807) is 0 Å². The zero-order chi connectivity index (χ0) is 18.8. The molecule has 0 aliphatic heterocycles. The highest BCUT2D eigenvalue weighted by Gasteiger charge is 2.34. The summed E-state index contributed by atoms with van der Waals surface area (Å²) in [4.78, 5) is 23.7. The Kier molecular flexibility index (Phi) is 5.02. The predicted molar refractivity (Wildman–Crippen MR) is 83.9 cm³/mol. The van der Waals surface area contributed by atoms with Gasteiger partial charge in [0.15, 0.2) is 9.84 Å². The molecule has 6 nitrogen and oxygen atoms in total. The van der Waals surface area contributed by atoms with Gasteiger partial charge in [0, 0.05) is 18.1 Å². The number of sulfone groups is 1. The van der Waals surface area contributed by atoms with Gasteiger partial charge < -0.3 is 9.88 Å². The van der Waals surface area contributed by atoms with Crippen LogP contribution in [0.2, 0.25) is 0 Å². The minimum atomic E-state index is -4.81. The first-order chi connectivity index (χ1) is 11.5. The number of amides is 1. The van der Waals surface area contributed by atoms with Gasteiger partial charge in [0.2, 0.25) is 5.91 Å². The van der Waals surface area contributed by atoms with E-state index in [2.05, 4.69) is 5.32 Å². The van der Waals surface area contributed by atoms with Crippen LogP contribution in [0.1, 0.15) is 5.56 Å². The Bertz CT molecular complexity index is 948. The molecule has 10 heteroatoms. The summed E-state index contributed by atoms with van der Waals surface area (Å²) in [5.41, 5.74) is -2.43. The molecule has 1 heterocycles. The quantitative estimate of drug-likeness (QED) is 0.886. The molecule has 0 fully saturated rings. The van der Waals surface area contributed by atoms with Crippen LogP contribution in [0.5, 0.6) is 0 Å². The Balaban J connectivity index is 2.15. The van der Waals surface area contributed by atoms with E-state index in [0.29, 0.717) is 10.6 Å². The fourth-order valence-electron chi connectivity index (χ4n) is 2.02. The second-order valence-corrected chi connectivity index (χ2v) is 7.21. The molecule has 0 spiro atoms. The number of nitrogens with one attached hydrogen (secondary N) is 1. The molecular weight excluding hydrogens is 361 g/mol. The molecule has 0 aliphatic rings. The molecule has 134 valence electrons. The normalized spacial score (nSPS) is 12.0. The fraction of sp³-hybridized carbons (Fsp3) is 0.200. The smallest absolute Gasteiger partial charge is 0.325 e. The molecule has 0 saturated heterocycles. The van der Waals surface area contributed by atoms with Crippen LogP contribution in [0.4, 0.5) is 18.9 Å². The van der Waals surface area contributed by atoms with Crippen LogP contribution in [0.15, 0.2) is 52.3 Å². The Labute approximate surface area is 140 Å². The summed E-state index contributed by atoms with van der Waals surface area (Å²) in [5.74, 6) is -0.728. The van der Waals surface area contributed by atoms with E-state index in [1.807, 2.05) is 0 Å². The minimum Gasteiger partial charge on any atom is -0.325 e. The predicted octanol–water partition coefficient (Wildman–Crippen LogP) is 1.91. The molecule has 1 aromatic carbocycles. The lowest BCUT2D eigenvalue weighted by Crippen LogP contribution is -2.31. The number of hydrogen-bond acceptors (Lipinski definition) is 4. The van der Waals surface area contributed by atoms with Gasteiger partial charge in [-0.1, -0.05) is 0 Å². The molecule has 0 radical (unpaired) electrons. The van der Waals surface area contributed by atoms with Crippen LogP contribution in [0, 0.1) is 0 Å². The van der Waals surface area contributed by atoms with Crippen LogP contribution in [-0.2, 0) is 27.4 Å². The molecule has 1 aromatic heterocycles. The number of carbonyl (C=O) groups excluding carboxylic acids is 1. The van der Waals surface area contributed by atoms with E-state index >= 15 is 0 Å². The first-order valence-corrected chi connectivity index (χ1v) is 8.74. The van der Waals surface area contributed by atoms with E-state index in [9.17, 15) is 31.2 Å². The molecule has 0 bridgehead atoms. The van der Waals surface area contributed by atoms with Gasteiger partial charge in [-0.05, 0) is 36.4 Å². The van der Waals surface area contributed by atoms with Crippen molar-refractivity contribution in [3.63, 3.8) is 0 Å². The summed E-state index contributed by atoms with van der Waals surface area (Å²) in [6, 6.07) is 6.90. The first kappa shape index (κ1) is 18.7. The summed E-state index contributed by atoms with van der Waals surface area (Å²) < 4.78 is 61.4. The van der Waals surface area contributed by atoms with Gasteiger partial charge in [-0.2, -0.15) is 13.2 Å². The number of alkyl halides is 3. The van der Waals surface area contributed by atoms with Crippen molar-refractivity contribution in [1.29, 1.82) is 0 Å². The van der Waals surface area contributed by atoms with E-state index < -0.39 is 39.6 Å². The summed E-state index contributed by atoms with van der Waals surface area (Å²) in [7, 11) is -3.39. The van der Waals surface area contributed by atoms with Crippen molar-refractivity contribution in [1.82, 2.24) is 4.57 Å². The molecule has 0 saturated carbocycles. The van der Waals surface area contributed by atoms with Gasteiger partial charge in [-0.3, -0.25) is 9.59 Å². The average molecular weight is 374 g/mol. The van der Waals surface area contributed by atoms with Gasteiger partial charge in [0.05, 0.1) is 4.90 Å². The van der Waals surface area contributed by atoms with Crippen molar-refractivity contribution in [2.75, 3.05) is 11.6 Å². The van der Waals surface area contributed by atoms with Gasteiger partial charge in [-0.15, -0.1) is 0 Å². The van der Waals surface area contributed by atoms with Gasteiger partial charge in [0.1, 0.15) is 12.1 Å². The third-order valence-corrected chi connectivity index (χ3v) is 4.33. The number of hydrogen-bond donors (Lipinski definition) is 1. The molecule has 1 N–H and O–H groups in total. The van der Waals surface area contributed by atoms with Gasteiger partial charge in [-0.25, -0.2) is 8.42 Å². The second-order valence-electron chi connectivity index (χ2n) is 5.20. The number of benzene rings is 1. The summed E-state index contributed by atoms with van der Waals surface area (Å²) in [6.45, 7) is -0.615. The second kappa shape index (κ2) is 6.71. The minimum absolute atomic E-state index is 0.0552. The maximum Gasteiger partial charge on any atom is 0.421 e. The lowest BCUT2D eigenvalue weighted by molar-refractivity contribution is -0.139. The number of carbonyl (C=O) groups is 1. The first-order valence-electron chi connectivity index (χ1n) is 6.85. The molecular formula is C15H13F3N2O4S. The lowest BCUT2D eigenvalue weighted by atomic mass is 10.2. The number of nitrogens with zero attached hydrogens (tertiary/aromatic N) is 1. The van der Waals surface area contributed by atoms with Crippen molar-refractivity contribution in [2.45, 2.75) is 17.6 Å². The molecule has 0 unspecified atom stereocenters. The van der Waals surface area contributed by atoms with Crippen LogP contribution < -0.4 is 10.9 Å². The van der Waals surface area contributed by atoms with Crippen molar-refractivity contribution < 1.29 is 26.4 Å². The molecule has 2 rings (SSSR count). The third-order valence-electron chi connectivity index (χ3n) is 3.21. The van der Waals surface area contributed by atoms with Crippen molar-refractivity contribution in [3.05, 3.63) is 58.5 Å². The number of anilines is 1. The Hall–Kier alpha value is -2.62. The lowest BCUT2D eigenvalue weighted by Gasteiger charge is -2.11. The topological polar surface area (TPSA) is 85.2 Å². The van der Waals surface area contributed by atoms with Crippen LogP contribution in [0.25, 0.3) is 0 Å². The summed E-state index contributed by atoms with van der Waals surface area (Å²) in [5, 5.41) is 2.38. The van der Waals surface area contributed by atoms with E-state index in [4.69, 9.17) is 0 Å². The van der Waals surface area contributed by atoms with Crippen molar-refractivity contribution in [3.8, 4) is 0 Å². The van der Waals surface area contributed by atoms with Gasteiger partial charge in [0.25, 0.3) is 5.56 Å². The Morgan fingerprint density at radius 1 is 1.16 bits per heavy atom. The highest BCUT2D eigenvalue weighted by atomic mass is 32.2. The summed E-state index contributed by atoms with van der Waals surface area (Å²) in [6.07, 6.45) is -2.71. The fourth-order valence-corrected chi connectivity index (χ4v) is 2.65. The third kappa shape index (κ3) is 4.69. The van der Waals surface area contributed by atoms with Crippen LogP contribution in [-0.4, -0.2) is 25.1 Å². The monoisotopic (exact) mass is 374 g/mol. The standard InChI is InChI=1S/C15H13F3N2O4S/c1-25(23,24)11-6-4-10(5-7-11)19-13(21)9-20-8-2-3-12(14(20)22)15(16,17)18/h2-8H,9H2,1H3,(H,19,21). The van der Waals surface area contributed by atoms with E-state index in [1.165, 1.54) is 24.3 Å². The van der Waals surface area contributed by atoms with Gasteiger partial charge >= 0.3 is 6.18 Å². The highest BCUT2D eigenvalue weighted by Crippen LogP contribution is 2.26. The number of rotatable bonds is 4. The maximum absolute atomic E-state index is 12.7. The number of aromatic nitrogens is 1. The molecule has 2 aromatic rings. The molecule has 25 heavy (non-hydrogen) atoms. The largest absolute Gasteiger partial charge is 0.421 e. The number of pyridine rings is 1. The Morgan fingerprint density at radius 3 is 2.28 bits per heavy atom. The highest BCUT2D eigenvalue weighted by molar-refractivity contribution is 7.90. The van der Waals surface area contributed by atoms with Crippen LogP contribution >= 0.6 is 0 Å². The van der Waals surface area contributed by atoms with E-state index in [-0.39, 0.29) is 10.6 Å². The molecule has 1 amide bonds. The van der Waals surface area contributed by atoms with Crippen molar-refractivity contribution >= 4 is 21.4 Å². The van der Waals surface area contributed by atoms with Crippen molar-refractivity contribution in [2.24, 2.45) is 0 Å². The molecule has 0 atom stereocenters. The summed E-state index contributed by atoms with van der Waals surface area (Å²) >= 11 is 0. The SMILES string of the molecule is CS(=O)(=O)c1ccc(NC(=O)Cn2cccc(C(F)(F)F)c2=O)cc1. The van der Waals surface area contributed by atoms with E-state index in [0.717, 1.165) is 18.5 Å².